The normalized spacial score (nSPS) is 16.8. The molecule has 1 aliphatic heterocycles. The van der Waals surface area contributed by atoms with Crippen LogP contribution in [0.3, 0.4) is 0 Å². The van der Waals surface area contributed by atoms with Crippen LogP contribution in [0.1, 0.15) is 68.8 Å². The van der Waals surface area contributed by atoms with E-state index in [9.17, 15) is 14.7 Å². The maximum absolute atomic E-state index is 13.5. The van der Waals surface area contributed by atoms with Gasteiger partial charge in [-0.1, -0.05) is 52.0 Å². The van der Waals surface area contributed by atoms with Gasteiger partial charge in [0.2, 0.25) is 0 Å². The molecule has 0 spiro atoms. The fourth-order valence-electron chi connectivity index (χ4n) is 4.72. The quantitative estimate of drug-likeness (QED) is 0.181. The summed E-state index contributed by atoms with van der Waals surface area (Å²) >= 11 is 0. The Hall–Kier alpha value is -4.06. The molecule has 1 heterocycles. The van der Waals surface area contributed by atoms with E-state index < -0.39 is 17.7 Å². The maximum atomic E-state index is 13.5. The van der Waals surface area contributed by atoms with Crippen molar-refractivity contribution in [1.29, 1.82) is 0 Å². The third-order valence-electron chi connectivity index (χ3n) is 6.81. The van der Waals surface area contributed by atoms with Gasteiger partial charge in [-0.05, 0) is 84.8 Å². The molecule has 1 unspecified atom stereocenters. The molecule has 0 aromatic heterocycles. The van der Waals surface area contributed by atoms with E-state index in [-0.39, 0.29) is 11.3 Å². The van der Waals surface area contributed by atoms with Gasteiger partial charge in [0.15, 0.2) is 0 Å². The van der Waals surface area contributed by atoms with Crippen molar-refractivity contribution >= 4 is 23.1 Å². The molecule has 6 heteroatoms. The Morgan fingerprint density at radius 1 is 0.923 bits per heavy atom. The Labute approximate surface area is 230 Å². The summed E-state index contributed by atoms with van der Waals surface area (Å²) in [7, 11) is 0. The van der Waals surface area contributed by atoms with Crippen molar-refractivity contribution in [2.45, 2.75) is 53.5 Å². The number of ketones is 1. The molecule has 1 N–H and O–H groups in total. The molecule has 204 valence electrons. The third kappa shape index (κ3) is 5.85. The van der Waals surface area contributed by atoms with Gasteiger partial charge in [0, 0.05) is 11.3 Å². The van der Waals surface area contributed by atoms with E-state index >= 15 is 0 Å². The lowest BCUT2D eigenvalue weighted by molar-refractivity contribution is -0.132. The number of rotatable bonds is 9. The van der Waals surface area contributed by atoms with E-state index in [0.717, 1.165) is 11.1 Å². The second-order valence-electron chi connectivity index (χ2n) is 10.6. The van der Waals surface area contributed by atoms with E-state index in [1.807, 2.05) is 62.4 Å². The Kier molecular flexibility index (Phi) is 8.44. The maximum Gasteiger partial charge on any atom is 0.300 e. The Morgan fingerprint density at radius 3 is 2.15 bits per heavy atom. The number of ether oxygens (including phenoxy) is 2. The van der Waals surface area contributed by atoms with E-state index in [2.05, 4.69) is 27.7 Å². The number of amides is 1. The fourth-order valence-corrected chi connectivity index (χ4v) is 4.72. The van der Waals surface area contributed by atoms with Crippen LogP contribution >= 0.6 is 0 Å². The van der Waals surface area contributed by atoms with Crippen LogP contribution < -0.4 is 14.4 Å². The number of hydrogen-bond donors (Lipinski definition) is 1. The van der Waals surface area contributed by atoms with Gasteiger partial charge in [0.1, 0.15) is 17.3 Å². The molecule has 1 saturated heterocycles. The third-order valence-corrected chi connectivity index (χ3v) is 6.81. The first kappa shape index (κ1) is 28.0. The van der Waals surface area contributed by atoms with E-state index in [1.54, 1.807) is 18.2 Å². The molecule has 1 atom stereocenters. The number of aliphatic hydroxyl groups excluding tert-OH is 1. The standard InChI is InChI=1S/C33H37NO5/c1-7-38-27-15-10-24(11-16-27)30-29(31(35)25-12-17-28(22(6)18-25)39-19-20(2)3)32(36)33(37)34(30)26-13-8-23(9-14-26)21(4)5/h8-18,20-21,30,35H,7,19H2,1-6H3/b31-29-. The summed E-state index contributed by atoms with van der Waals surface area (Å²) in [6.07, 6.45) is 0. The summed E-state index contributed by atoms with van der Waals surface area (Å²) < 4.78 is 11.5. The molecule has 4 rings (SSSR count). The van der Waals surface area contributed by atoms with Crippen molar-refractivity contribution in [2.24, 2.45) is 5.92 Å². The van der Waals surface area contributed by atoms with Crippen LogP contribution in [0.15, 0.2) is 72.3 Å². The molecule has 1 fully saturated rings. The number of anilines is 1. The number of carbonyl (C=O) groups excluding carboxylic acids is 2. The molecule has 1 aliphatic rings. The van der Waals surface area contributed by atoms with Crippen LogP contribution in [-0.4, -0.2) is 30.0 Å². The number of aliphatic hydroxyl groups is 1. The van der Waals surface area contributed by atoms with Gasteiger partial charge in [-0.25, -0.2) is 0 Å². The second-order valence-corrected chi connectivity index (χ2v) is 10.6. The first-order valence-corrected chi connectivity index (χ1v) is 13.5. The summed E-state index contributed by atoms with van der Waals surface area (Å²) in [6.45, 7) is 13.2. The lowest BCUT2D eigenvalue weighted by Gasteiger charge is -2.26. The number of Topliss-reactive ketones (excluding diaryl/α,β-unsaturated/α-hetero) is 1. The van der Waals surface area contributed by atoms with E-state index in [4.69, 9.17) is 9.47 Å². The van der Waals surface area contributed by atoms with Gasteiger partial charge < -0.3 is 14.6 Å². The summed E-state index contributed by atoms with van der Waals surface area (Å²) in [5.74, 6) is 0.482. The molecule has 1 amide bonds. The zero-order valence-corrected chi connectivity index (χ0v) is 23.5. The van der Waals surface area contributed by atoms with Crippen LogP contribution in [0.5, 0.6) is 11.5 Å². The van der Waals surface area contributed by atoms with Crippen molar-refractivity contribution in [1.82, 2.24) is 0 Å². The minimum absolute atomic E-state index is 0.0485. The molecule has 6 nitrogen and oxygen atoms in total. The predicted octanol–water partition coefficient (Wildman–Crippen LogP) is 7.18. The highest BCUT2D eigenvalue weighted by Crippen LogP contribution is 2.43. The molecule has 3 aromatic rings. The van der Waals surface area contributed by atoms with Crippen molar-refractivity contribution in [3.63, 3.8) is 0 Å². The van der Waals surface area contributed by atoms with Crippen molar-refractivity contribution < 1.29 is 24.2 Å². The molecule has 0 saturated carbocycles. The molecule has 3 aromatic carbocycles. The highest BCUT2D eigenvalue weighted by Gasteiger charge is 2.47. The predicted molar refractivity (Wildman–Crippen MR) is 154 cm³/mol. The van der Waals surface area contributed by atoms with Gasteiger partial charge in [-0.3, -0.25) is 14.5 Å². The molecule has 0 bridgehead atoms. The number of aryl methyl sites for hydroxylation is 1. The second kappa shape index (κ2) is 11.8. The van der Waals surface area contributed by atoms with Gasteiger partial charge in [-0.2, -0.15) is 0 Å². The van der Waals surface area contributed by atoms with Crippen LogP contribution in [0.4, 0.5) is 5.69 Å². The summed E-state index contributed by atoms with van der Waals surface area (Å²) in [6, 6.07) is 19.4. The SMILES string of the molecule is CCOc1ccc(C2/C(=C(/O)c3ccc(OCC(C)C)c(C)c3)C(=O)C(=O)N2c2ccc(C(C)C)cc2)cc1. The van der Waals surface area contributed by atoms with Crippen molar-refractivity contribution in [2.75, 3.05) is 18.1 Å². The van der Waals surface area contributed by atoms with Crippen LogP contribution in [-0.2, 0) is 9.59 Å². The lowest BCUT2D eigenvalue weighted by Crippen LogP contribution is -2.29. The average molecular weight is 528 g/mol. The monoisotopic (exact) mass is 527 g/mol. The Morgan fingerprint density at radius 2 is 1.59 bits per heavy atom. The summed E-state index contributed by atoms with van der Waals surface area (Å²) in [5.41, 5.74) is 3.74. The average Bonchev–Trinajstić information content (AvgIpc) is 3.18. The minimum atomic E-state index is -0.803. The fraction of sp³-hybridized carbons (Fsp3) is 0.333. The van der Waals surface area contributed by atoms with Gasteiger partial charge in [-0.15, -0.1) is 0 Å². The van der Waals surface area contributed by atoms with Gasteiger partial charge in [0.05, 0.1) is 24.8 Å². The van der Waals surface area contributed by atoms with Crippen LogP contribution in [0.25, 0.3) is 5.76 Å². The first-order chi connectivity index (χ1) is 18.6. The highest BCUT2D eigenvalue weighted by molar-refractivity contribution is 6.51. The highest BCUT2D eigenvalue weighted by atomic mass is 16.5. The molecular weight excluding hydrogens is 490 g/mol. The van der Waals surface area contributed by atoms with Crippen molar-refractivity contribution in [3.05, 3.63) is 94.6 Å². The molecule has 0 radical (unpaired) electrons. The number of nitrogens with zero attached hydrogens (tertiary/aromatic N) is 1. The smallest absolute Gasteiger partial charge is 0.300 e. The first-order valence-electron chi connectivity index (χ1n) is 13.5. The minimum Gasteiger partial charge on any atom is -0.507 e. The zero-order chi connectivity index (χ0) is 28.3. The van der Waals surface area contributed by atoms with E-state index in [0.29, 0.717) is 53.4 Å². The number of hydrogen-bond acceptors (Lipinski definition) is 5. The molecule has 0 aliphatic carbocycles. The number of benzene rings is 3. The Balaban J connectivity index is 1.83. The van der Waals surface area contributed by atoms with Gasteiger partial charge >= 0.3 is 0 Å². The summed E-state index contributed by atoms with van der Waals surface area (Å²) in [4.78, 5) is 28.5. The van der Waals surface area contributed by atoms with Gasteiger partial charge in [0.25, 0.3) is 11.7 Å². The topological polar surface area (TPSA) is 76.1 Å². The van der Waals surface area contributed by atoms with E-state index in [1.165, 1.54) is 4.90 Å². The largest absolute Gasteiger partial charge is 0.507 e. The lowest BCUT2D eigenvalue weighted by atomic mass is 9.94. The zero-order valence-electron chi connectivity index (χ0n) is 23.5. The summed E-state index contributed by atoms with van der Waals surface area (Å²) in [5, 5.41) is 11.5. The molecular formula is C33H37NO5. The van der Waals surface area contributed by atoms with Crippen LogP contribution in [0.2, 0.25) is 0 Å². The number of carbonyl (C=O) groups is 2. The van der Waals surface area contributed by atoms with Crippen LogP contribution in [0, 0.1) is 12.8 Å². The Bertz CT molecular complexity index is 1370. The molecule has 39 heavy (non-hydrogen) atoms. The van der Waals surface area contributed by atoms with Crippen molar-refractivity contribution in [3.8, 4) is 11.5 Å².